The molecule has 1 heterocycles. The maximum absolute atomic E-state index is 13.3. The molecule has 144 valence electrons. The number of halogens is 1. The number of fused-ring (bicyclic) bond motifs is 1. The second-order valence-electron chi connectivity index (χ2n) is 6.79. The lowest BCUT2D eigenvalue weighted by molar-refractivity contribution is -0.118. The van der Waals surface area contributed by atoms with Gasteiger partial charge in [-0.15, -0.1) is 0 Å². The van der Waals surface area contributed by atoms with E-state index in [1.165, 1.54) is 11.0 Å². The number of nitrogens with one attached hydrogen (secondary N) is 2. The second-order valence-corrected chi connectivity index (χ2v) is 7.22. The lowest BCUT2D eigenvalue weighted by atomic mass is 9.96. The van der Waals surface area contributed by atoms with E-state index in [1.54, 1.807) is 42.5 Å². The summed E-state index contributed by atoms with van der Waals surface area (Å²) >= 11 is 6.14. The minimum atomic E-state index is -0.668. The highest BCUT2D eigenvalue weighted by Gasteiger charge is 2.39. The van der Waals surface area contributed by atoms with Crippen LogP contribution in [-0.2, 0) is 9.59 Å². The van der Waals surface area contributed by atoms with Crippen LogP contribution in [0.25, 0.3) is 0 Å². The van der Waals surface area contributed by atoms with Crippen molar-refractivity contribution in [2.24, 2.45) is 5.92 Å². The van der Waals surface area contributed by atoms with E-state index in [4.69, 9.17) is 11.6 Å². The number of rotatable bonds is 4. The molecule has 1 unspecified atom stereocenters. The lowest BCUT2D eigenvalue weighted by Gasteiger charge is -2.38. The maximum Gasteiger partial charge on any atom is 0.259 e. The number of carbonyl (C=O) groups is 3. The van der Waals surface area contributed by atoms with E-state index in [1.807, 2.05) is 13.8 Å². The molecule has 2 N–H and O–H groups in total. The predicted octanol–water partition coefficient (Wildman–Crippen LogP) is 4.09. The van der Waals surface area contributed by atoms with Gasteiger partial charge in [0.15, 0.2) is 0 Å². The zero-order valence-corrected chi connectivity index (χ0v) is 16.3. The van der Waals surface area contributed by atoms with Gasteiger partial charge in [0.25, 0.3) is 5.91 Å². The molecule has 0 aliphatic carbocycles. The molecule has 28 heavy (non-hydrogen) atoms. The van der Waals surface area contributed by atoms with Crippen LogP contribution < -0.4 is 15.5 Å². The smallest absolute Gasteiger partial charge is 0.259 e. The van der Waals surface area contributed by atoms with Gasteiger partial charge in [-0.05, 0) is 54.5 Å². The van der Waals surface area contributed by atoms with Gasteiger partial charge in [-0.3, -0.25) is 19.3 Å². The standard InChI is InChI=1S/C21H20ClN3O3/c1-4-18(26)23-15-8-5-13(6-9-15)21(28)25-17-11-14(22)7-10-16(17)24-20(27)19(25)12(2)3/h4-12,19H,1H2,2-3H3,(H,23,26)(H,24,27). The van der Waals surface area contributed by atoms with E-state index >= 15 is 0 Å². The van der Waals surface area contributed by atoms with Crippen molar-refractivity contribution >= 4 is 46.4 Å². The Hall–Kier alpha value is -3.12. The summed E-state index contributed by atoms with van der Waals surface area (Å²) in [6.45, 7) is 7.17. The van der Waals surface area contributed by atoms with Gasteiger partial charge in [0.05, 0.1) is 11.4 Å². The molecule has 2 aromatic carbocycles. The number of carbonyl (C=O) groups excluding carboxylic acids is 3. The van der Waals surface area contributed by atoms with Gasteiger partial charge < -0.3 is 10.6 Å². The highest BCUT2D eigenvalue weighted by atomic mass is 35.5. The maximum atomic E-state index is 13.3. The molecule has 3 rings (SSSR count). The highest BCUT2D eigenvalue weighted by Crippen LogP contribution is 2.37. The fraction of sp³-hybridized carbons (Fsp3) is 0.190. The highest BCUT2D eigenvalue weighted by molar-refractivity contribution is 6.31. The molecule has 0 bridgehead atoms. The molecule has 1 aliphatic heterocycles. The van der Waals surface area contributed by atoms with E-state index in [-0.39, 0.29) is 23.6 Å². The lowest BCUT2D eigenvalue weighted by Crippen LogP contribution is -2.53. The first-order valence-corrected chi connectivity index (χ1v) is 9.17. The fourth-order valence-corrected chi connectivity index (χ4v) is 3.32. The van der Waals surface area contributed by atoms with E-state index in [0.717, 1.165) is 0 Å². The third kappa shape index (κ3) is 3.77. The van der Waals surface area contributed by atoms with Crippen molar-refractivity contribution < 1.29 is 14.4 Å². The van der Waals surface area contributed by atoms with E-state index in [0.29, 0.717) is 27.6 Å². The zero-order chi connectivity index (χ0) is 20.4. The Morgan fingerprint density at radius 2 is 1.89 bits per heavy atom. The second kappa shape index (κ2) is 7.86. The summed E-state index contributed by atoms with van der Waals surface area (Å²) in [4.78, 5) is 38.9. The van der Waals surface area contributed by atoms with Crippen molar-refractivity contribution in [1.82, 2.24) is 0 Å². The first-order valence-electron chi connectivity index (χ1n) is 8.79. The Balaban J connectivity index is 2.00. The van der Waals surface area contributed by atoms with Crippen LogP contribution in [0.2, 0.25) is 5.02 Å². The average molecular weight is 398 g/mol. The molecule has 0 saturated carbocycles. The Labute approximate surface area is 168 Å². The van der Waals surface area contributed by atoms with Gasteiger partial charge in [0.2, 0.25) is 11.8 Å². The van der Waals surface area contributed by atoms with Crippen molar-refractivity contribution in [3.05, 3.63) is 65.7 Å². The van der Waals surface area contributed by atoms with Crippen LogP contribution in [-0.4, -0.2) is 23.8 Å². The van der Waals surface area contributed by atoms with Gasteiger partial charge in [-0.2, -0.15) is 0 Å². The van der Waals surface area contributed by atoms with E-state index in [9.17, 15) is 14.4 Å². The number of hydrogen-bond donors (Lipinski definition) is 2. The monoisotopic (exact) mass is 397 g/mol. The average Bonchev–Trinajstić information content (AvgIpc) is 2.67. The molecule has 3 amide bonds. The van der Waals surface area contributed by atoms with Gasteiger partial charge in [0, 0.05) is 16.3 Å². The summed E-state index contributed by atoms with van der Waals surface area (Å²) < 4.78 is 0. The number of amides is 3. The molecule has 6 nitrogen and oxygen atoms in total. The van der Waals surface area contributed by atoms with Crippen LogP contribution in [0.5, 0.6) is 0 Å². The molecular formula is C21H20ClN3O3. The van der Waals surface area contributed by atoms with Crippen LogP contribution in [0, 0.1) is 5.92 Å². The summed E-state index contributed by atoms with van der Waals surface area (Å²) in [5.74, 6) is -1.01. The molecule has 2 aromatic rings. The van der Waals surface area contributed by atoms with Crippen molar-refractivity contribution in [3.63, 3.8) is 0 Å². The quantitative estimate of drug-likeness (QED) is 0.763. The zero-order valence-electron chi connectivity index (χ0n) is 15.5. The number of benzene rings is 2. The minimum Gasteiger partial charge on any atom is -0.323 e. The first kappa shape index (κ1) is 19.6. The van der Waals surface area contributed by atoms with Crippen LogP contribution in [0.15, 0.2) is 55.1 Å². The Kier molecular flexibility index (Phi) is 5.51. The Morgan fingerprint density at radius 1 is 1.21 bits per heavy atom. The summed E-state index contributed by atoms with van der Waals surface area (Å²) in [6, 6.07) is 10.8. The van der Waals surface area contributed by atoms with Crippen LogP contribution in [0.1, 0.15) is 24.2 Å². The third-order valence-electron chi connectivity index (χ3n) is 4.46. The van der Waals surface area contributed by atoms with E-state index in [2.05, 4.69) is 17.2 Å². The fourth-order valence-electron chi connectivity index (χ4n) is 3.15. The largest absolute Gasteiger partial charge is 0.323 e. The molecule has 0 aromatic heterocycles. The first-order chi connectivity index (χ1) is 13.3. The summed E-state index contributed by atoms with van der Waals surface area (Å²) in [5, 5.41) is 5.94. The Bertz CT molecular complexity index is 954. The van der Waals surface area contributed by atoms with Crippen molar-refractivity contribution in [2.75, 3.05) is 15.5 Å². The molecule has 7 heteroatoms. The molecule has 1 atom stereocenters. The molecule has 0 saturated heterocycles. The molecule has 0 spiro atoms. The third-order valence-corrected chi connectivity index (χ3v) is 4.69. The molecular weight excluding hydrogens is 378 g/mol. The van der Waals surface area contributed by atoms with Crippen molar-refractivity contribution in [1.29, 1.82) is 0 Å². The van der Waals surface area contributed by atoms with Gasteiger partial charge in [-0.25, -0.2) is 0 Å². The van der Waals surface area contributed by atoms with Gasteiger partial charge in [-0.1, -0.05) is 32.0 Å². The van der Waals surface area contributed by atoms with Crippen LogP contribution in [0.3, 0.4) is 0 Å². The SMILES string of the molecule is C=CC(=O)Nc1ccc(C(=O)N2c3cc(Cl)ccc3NC(=O)C2C(C)C)cc1. The van der Waals surface area contributed by atoms with Crippen molar-refractivity contribution in [3.8, 4) is 0 Å². The van der Waals surface area contributed by atoms with Gasteiger partial charge in [0.1, 0.15) is 6.04 Å². The number of hydrogen-bond acceptors (Lipinski definition) is 3. The molecule has 0 radical (unpaired) electrons. The predicted molar refractivity (Wildman–Crippen MR) is 111 cm³/mol. The summed E-state index contributed by atoms with van der Waals surface area (Å²) in [6.07, 6.45) is 1.17. The number of nitrogens with zero attached hydrogens (tertiary/aromatic N) is 1. The summed E-state index contributed by atoms with van der Waals surface area (Å²) in [7, 11) is 0. The minimum absolute atomic E-state index is 0.109. The van der Waals surface area contributed by atoms with Crippen LogP contribution in [0.4, 0.5) is 17.1 Å². The molecule has 1 aliphatic rings. The van der Waals surface area contributed by atoms with Gasteiger partial charge >= 0.3 is 0 Å². The normalized spacial score (nSPS) is 15.6. The summed E-state index contributed by atoms with van der Waals surface area (Å²) in [5.41, 5.74) is 2.03. The molecule has 0 fully saturated rings. The van der Waals surface area contributed by atoms with Crippen LogP contribution >= 0.6 is 11.6 Å². The van der Waals surface area contributed by atoms with E-state index < -0.39 is 6.04 Å². The Morgan fingerprint density at radius 3 is 2.50 bits per heavy atom. The van der Waals surface area contributed by atoms with Crippen molar-refractivity contribution in [2.45, 2.75) is 19.9 Å². The topological polar surface area (TPSA) is 78.5 Å². The number of anilines is 3.